The van der Waals surface area contributed by atoms with E-state index in [4.69, 9.17) is 14.6 Å². The van der Waals surface area contributed by atoms with E-state index in [0.717, 1.165) is 31.6 Å². The van der Waals surface area contributed by atoms with Crippen molar-refractivity contribution in [3.05, 3.63) is 24.0 Å². The first-order valence-electron chi connectivity index (χ1n) is 13.9. The third-order valence-electron chi connectivity index (χ3n) is 7.27. The number of hydrogen-bond acceptors (Lipinski definition) is 8. The summed E-state index contributed by atoms with van der Waals surface area (Å²) in [5.74, 6) is -1.03. The molecule has 4 bridgehead atoms. The van der Waals surface area contributed by atoms with Crippen molar-refractivity contribution in [2.45, 2.75) is 103 Å². The van der Waals surface area contributed by atoms with E-state index in [-0.39, 0.29) is 35.6 Å². The lowest BCUT2D eigenvalue weighted by Gasteiger charge is -2.42. The maximum absolute atomic E-state index is 12.3. The van der Waals surface area contributed by atoms with Crippen LogP contribution in [0, 0.1) is 0 Å². The lowest BCUT2D eigenvalue weighted by molar-refractivity contribution is 0.0186. The Labute approximate surface area is 230 Å². The van der Waals surface area contributed by atoms with Crippen LogP contribution in [0.15, 0.2) is 18.3 Å². The van der Waals surface area contributed by atoms with Gasteiger partial charge in [0, 0.05) is 50.3 Å². The van der Waals surface area contributed by atoms with Crippen molar-refractivity contribution in [3.63, 3.8) is 0 Å². The number of carbonyl (C=O) groups is 3. The van der Waals surface area contributed by atoms with Gasteiger partial charge in [0.25, 0.3) is 0 Å². The maximum Gasteiger partial charge on any atom is 0.410 e. The number of nitrogens with one attached hydrogen (secondary N) is 1. The molecule has 39 heavy (non-hydrogen) atoms. The van der Waals surface area contributed by atoms with Crippen LogP contribution in [-0.2, 0) is 9.47 Å². The second kappa shape index (κ2) is 11.2. The molecule has 2 amide bonds. The van der Waals surface area contributed by atoms with Crippen molar-refractivity contribution in [1.29, 1.82) is 0 Å². The van der Waals surface area contributed by atoms with Crippen molar-refractivity contribution >= 4 is 23.8 Å². The highest BCUT2D eigenvalue weighted by molar-refractivity contribution is 5.85. The summed E-state index contributed by atoms with van der Waals surface area (Å²) in [5.41, 5.74) is 0.0695. The second-order valence-corrected chi connectivity index (χ2v) is 12.9. The number of nitrogens with zero attached hydrogens (tertiary/aromatic N) is 4. The van der Waals surface area contributed by atoms with Gasteiger partial charge in [0.15, 0.2) is 0 Å². The molecule has 2 N–H and O–H groups in total. The van der Waals surface area contributed by atoms with Gasteiger partial charge in [-0.05, 0) is 79.4 Å². The first-order valence-corrected chi connectivity index (χ1v) is 13.9. The molecule has 4 saturated heterocycles. The second-order valence-electron chi connectivity index (χ2n) is 12.9. The summed E-state index contributed by atoms with van der Waals surface area (Å²) in [7, 11) is 0. The molecule has 5 rings (SSSR count). The SMILES string of the molecule is CC(C)(C)OC(=O)N1CC2CCC(C1)N2.CC(C)(C)OC(=O)N1CC2CCC(C1)N2c1ccc(C(=O)O)nc1. The highest BCUT2D eigenvalue weighted by Crippen LogP contribution is 2.35. The quantitative estimate of drug-likeness (QED) is 0.572. The number of amides is 2. The van der Waals surface area contributed by atoms with Crippen LogP contribution < -0.4 is 10.2 Å². The van der Waals surface area contributed by atoms with Gasteiger partial charge in [0.2, 0.25) is 0 Å². The van der Waals surface area contributed by atoms with Crippen LogP contribution in [0.1, 0.15) is 77.7 Å². The van der Waals surface area contributed by atoms with Crippen molar-refractivity contribution < 1.29 is 29.0 Å². The fourth-order valence-corrected chi connectivity index (χ4v) is 5.74. The molecule has 5 heterocycles. The topological polar surface area (TPSA) is 125 Å². The summed E-state index contributed by atoms with van der Waals surface area (Å²) < 4.78 is 10.8. The number of carbonyl (C=O) groups excluding carboxylic acids is 2. The Morgan fingerprint density at radius 2 is 1.31 bits per heavy atom. The number of anilines is 1. The summed E-state index contributed by atoms with van der Waals surface area (Å²) >= 11 is 0. The Morgan fingerprint density at radius 1 is 0.821 bits per heavy atom. The number of rotatable bonds is 2. The monoisotopic (exact) mass is 545 g/mol. The van der Waals surface area contributed by atoms with Crippen LogP contribution in [-0.4, -0.2) is 99.6 Å². The van der Waals surface area contributed by atoms with Gasteiger partial charge >= 0.3 is 18.2 Å². The van der Waals surface area contributed by atoms with Gasteiger partial charge in [0.1, 0.15) is 16.9 Å². The van der Waals surface area contributed by atoms with Crippen LogP contribution in [0.2, 0.25) is 0 Å². The van der Waals surface area contributed by atoms with Gasteiger partial charge in [-0.3, -0.25) is 0 Å². The van der Waals surface area contributed by atoms with Crippen LogP contribution in [0.25, 0.3) is 0 Å². The number of carboxylic acids is 1. The van der Waals surface area contributed by atoms with Gasteiger partial charge in [-0.15, -0.1) is 0 Å². The fraction of sp³-hybridized carbons (Fsp3) is 0.714. The molecule has 4 aliphatic heterocycles. The van der Waals surface area contributed by atoms with E-state index in [1.54, 1.807) is 17.2 Å². The highest BCUT2D eigenvalue weighted by atomic mass is 16.6. The Hall–Kier alpha value is -3.08. The number of aromatic nitrogens is 1. The Kier molecular flexibility index (Phi) is 8.30. The summed E-state index contributed by atoms with van der Waals surface area (Å²) in [5, 5.41) is 12.4. The smallest absolute Gasteiger partial charge is 0.410 e. The minimum atomic E-state index is -1.03. The number of hydrogen-bond donors (Lipinski definition) is 2. The number of ether oxygens (including phenoxy) is 2. The molecule has 0 spiro atoms. The molecule has 4 aliphatic rings. The number of aromatic carboxylic acids is 1. The van der Waals surface area contributed by atoms with Crippen LogP contribution in [0.5, 0.6) is 0 Å². The molecule has 4 fully saturated rings. The largest absolute Gasteiger partial charge is 0.477 e. The number of fused-ring (bicyclic) bond motifs is 4. The number of pyridine rings is 1. The van der Waals surface area contributed by atoms with Gasteiger partial charge in [-0.2, -0.15) is 0 Å². The van der Waals surface area contributed by atoms with Crippen molar-refractivity contribution in [3.8, 4) is 0 Å². The zero-order valence-corrected chi connectivity index (χ0v) is 24.0. The molecule has 0 aliphatic carbocycles. The van der Waals surface area contributed by atoms with E-state index < -0.39 is 11.6 Å². The summed E-state index contributed by atoms with van der Waals surface area (Å²) in [6.45, 7) is 14.1. The van der Waals surface area contributed by atoms with Crippen molar-refractivity contribution in [2.75, 3.05) is 31.1 Å². The summed E-state index contributed by atoms with van der Waals surface area (Å²) in [6.07, 6.45) is 5.56. The predicted octanol–water partition coefficient (Wildman–Crippen LogP) is 3.73. The molecule has 216 valence electrons. The highest BCUT2D eigenvalue weighted by Gasteiger charge is 2.42. The third kappa shape index (κ3) is 7.52. The Morgan fingerprint density at radius 3 is 1.72 bits per heavy atom. The number of carboxylic acid groups (broad SMARTS) is 1. The number of piperazine rings is 2. The molecular weight excluding hydrogens is 502 g/mol. The van der Waals surface area contributed by atoms with E-state index in [1.807, 2.05) is 46.4 Å². The van der Waals surface area contributed by atoms with E-state index in [9.17, 15) is 14.4 Å². The molecule has 4 atom stereocenters. The first kappa shape index (κ1) is 28.9. The minimum Gasteiger partial charge on any atom is -0.477 e. The molecule has 0 saturated carbocycles. The molecule has 11 heteroatoms. The van der Waals surface area contributed by atoms with Gasteiger partial charge < -0.3 is 34.6 Å². The molecule has 4 unspecified atom stereocenters. The average Bonchev–Trinajstić information content (AvgIpc) is 3.30. The molecule has 1 aromatic heterocycles. The third-order valence-corrected chi connectivity index (χ3v) is 7.27. The van der Waals surface area contributed by atoms with Crippen molar-refractivity contribution in [2.24, 2.45) is 0 Å². The fourth-order valence-electron chi connectivity index (χ4n) is 5.74. The van der Waals surface area contributed by atoms with Crippen LogP contribution in [0.4, 0.5) is 15.3 Å². The van der Waals surface area contributed by atoms with Gasteiger partial charge in [-0.25, -0.2) is 19.4 Å². The molecule has 0 aromatic carbocycles. The summed E-state index contributed by atoms with van der Waals surface area (Å²) in [4.78, 5) is 44.9. The van der Waals surface area contributed by atoms with Crippen LogP contribution in [0.3, 0.4) is 0 Å². The van der Waals surface area contributed by atoms with E-state index in [0.29, 0.717) is 25.2 Å². The number of likely N-dealkylation sites (tertiary alicyclic amines) is 2. The van der Waals surface area contributed by atoms with E-state index >= 15 is 0 Å². The zero-order chi connectivity index (χ0) is 28.5. The molecule has 11 nitrogen and oxygen atoms in total. The van der Waals surface area contributed by atoms with Gasteiger partial charge in [0.05, 0.1) is 11.9 Å². The van der Waals surface area contributed by atoms with Gasteiger partial charge in [-0.1, -0.05) is 0 Å². The van der Waals surface area contributed by atoms with Crippen molar-refractivity contribution in [1.82, 2.24) is 20.1 Å². The Bertz CT molecular complexity index is 1020. The molecular formula is C28H43N5O6. The molecule has 1 aromatic rings. The minimum absolute atomic E-state index is 0.0403. The molecule has 0 radical (unpaired) electrons. The Balaban J connectivity index is 0.000000202. The normalized spacial score (nSPS) is 26.1. The average molecular weight is 546 g/mol. The van der Waals surface area contributed by atoms with E-state index in [1.165, 1.54) is 18.9 Å². The van der Waals surface area contributed by atoms with E-state index in [2.05, 4.69) is 15.2 Å². The van der Waals surface area contributed by atoms with Crippen LogP contribution >= 0.6 is 0 Å². The first-order chi connectivity index (χ1) is 18.2. The zero-order valence-electron chi connectivity index (χ0n) is 24.0. The lowest BCUT2D eigenvalue weighted by atomic mass is 10.1. The summed E-state index contributed by atoms with van der Waals surface area (Å²) in [6, 6.07) is 4.72. The predicted molar refractivity (Wildman–Crippen MR) is 146 cm³/mol. The standard InChI is InChI=1S/C17H23N3O4.C11H20N2O2/c1-17(2,3)24-16(23)19-9-12-4-5-13(10-19)20(12)11-6-7-14(15(21)22)18-8-11;1-11(2,3)15-10(14)13-6-8-4-5-9(7-13)12-8/h6-8,12-13H,4-5,9-10H2,1-3H3,(H,21,22);8-9,12H,4-7H2,1-3H3. The lowest BCUT2D eigenvalue weighted by Crippen LogP contribution is -2.56. The maximum atomic E-state index is 12.3.